The number of benzene rings is 1. The number of likely N-dealkylation sites (tertiary alicyclic amines) is 2. The molecule has 2 aromatic rings. The van der Waals surface area contributed by atoms with Gasteiger partial charge in [0.1, 0.15) is 17.5 Å². The summed E-state index contributed by atoms with van der Waals surface area (Å²) in [6.45, 7) is 7.48. The molecule has 0 aliphatic carbocycles. The van der Waals surface area contributed by atoms with E-state index < -0.39 is 11.6 Å². The first-order valence-electron chi connectivity index (χ1n) is 10.5. The minimum Gasteiger partial charge on any atom is -0.444 e. The largest absolute Gasteiger partial charge is 0.444 e. The molecule has 0 unspecified atom stereocenters. The summed E-state index contributed by atoms with van der Waals surface area (Å²) in [4.78, 5) is 37.5. The Hall–Kier alpha value is -2.57. The predicted octanol–water partition coefficient (Wildman–Crippen LogP) is 3.67. The minimum atomic E-state index is -0.565. The maximum atomic E-state index is 13.3. The number of para-hydroxylation sites is 2. The molecular weight excluding hydrogens is 368 g/mol. The summed E-state index contributed by atoms with van der Waals surface area (Å²) in [6.07, 6.45) is 3.08. The molecule has 1 aromatic heterocycles. The number of hydrogen-bond acceptors (Lipinski definition) is 4. The summed E-state index contributed by atoms with van der Waals surface area (Å²) in [5.41, 5.74) is 1.42. The monoisotopic (exact) mass is 398 g/mol. The van der Waals surface area contributed by atoms with Gasteiger partial charge in [-0.1, -0.05) is 12.1 Å². The van der Waals surface area contributed by atoms with Gasteiger partial charge in [-0.2, -0.15) is 0 Å². The molecule has 2 amide bonds. The summed E-state index contributed by atoms with van der Waals surface area (Å²) in [5, 5.41) is 0. The Morgan fingerprint density at radius 2 is 1.90 bits per heavy atom. The zero-order valence-electron chi connectivity index (χ0n) is 17.5. The first kappa shape index (κ1) is 19.7. The van der Waals surface area contributed by atoms with Crippen molar-refractivity contribution in [2.75, 3.05) is 19.6 Å². The number of nitrogens with one attached hydrogen (secondary N) is 1. The van der Waals surface area contributed by atoms with Crippen LogP contribution < -0.4 is 0 Å². The van der Waals surface area contributed by atoms with Crippen LogP contribution in [0.4, 0.5) is 4.79 Å². The first-order chi connectivity index (χ1) is 13.8. The van der Waals surface area contributed by atoms with Crippen molar-refractivity contribution in [3.05, 3.63) is 30.1 Å². The standard InChI is InChI=1S/C22H30N4O3/c1-22(2,3)29-21(28)26-13-7-11-18(26)20(27)25-12-6-8-15(14-25)19-23-16-9-4-5-10-17(16)24-19/h4-5,9-10,15,18H,6-8,11-14H2,1-3H3,(H,23,24)/t15-,18-/m1/s1. The Kier molecular flexibility index (Phi) is 5.23. The number of imidazole rings is 1. The molecule has 7 heteroatoms. The van der Waals surface area contributed by atoms with Crippen molar-refractivity contribution < 1.29 is 14.3 Å². The van der Waals surface area contributed by atoms with E-state index in [1.54, 1.807) is 4.90 Å². The van der Waals surface area contributed by atoms with Gasteiger partial charge in [0.25, 0.3) is 0 Å². The number of H-pyrrole nitrogens is 1. The Morgan fingerprint density at radius 1 is 1.14 bits per heavy atom. The van der Waals surface area contributed by atoms with Gasteiger partial charge < -0.3 is 14.6 Å². The first-order valence-corrected chi connectivity index (χ1v) is 10.5. The van der Waals surface area contributed by atoms with Crippen molar-refractivity contribution in [1.82, 2.24) is 19.8 Å². The van der Waals surface area contributed by atoms with Gasteiger partial charge in [-0.15, -0.1) is 0 Å². The maximum absolute atomic E-state index is 13.3. The highest BCUT2D eigenvalue weighted by molar-refractivity contribution is 5.86. The van der Waals surface area contributed by atoms with Crippen LogP contribution in [0.1, 0.15) is 58.2 Å². The van der Waals surface area contributed by atoms with Crippen molar-refractivity contribution in [1.29, 1.82) is 0 Å². The third kappa shape index (κ3) is 4.23. The molecule has 0 spiro atoms. The van der Waals surface area contributed by atoms with Crippen LogP contribution in [0, 0.1) is 0 Å². The second-order valence-electron chi connectivity index (χ2n) is 9.09. The van der Waals surface area contributed by atoms with Crippen molar-refractivity contribution >= 4 is 23.0 Å². The highest BCUT2D eigenvalue weighted by Gasteiger charge is 2.40. The average molecular weight is 399 g/mol. The fourth-order valence-electron chi connectivity index (χ4n) is 4.34. The molecule has 7 nitrogen and oxygen atoms in total. The van der Waals surface area contributed by atoms with E-state index >= 15 is 0 Å². The normalized spacial score (nSPS) is 22.9. The van der Waals surface area contributed by atoms with E-state index in [2.05, 4.69) is 4.98 Å². The molecule has 156 valence electrons. The highest BCUT2D eigenvalue weighted by Crippen LogP contribution is 2.29. The second kappa shape index (κ2) is 7.69. The topological polar surface area (TPSA) is 78.5 Å². The van der Waals surface area contributed by atoms with Crippen LogP contribution in [0.2, 0.25) is 0 Å². The van der Waals surface area contributed by atoms with E-state index in [0.717, 1.165) is 42.7 Å². The van der Waals surface area contributed by atoms with E-state index in [9.17, 15) is 9.59 Å². The molecule has 2 atom stereocenters. The van der Waals surface area contributed by atoms with Crippen LogP contribution in [0.5, 0.6) is 0 Å². The lowest BCUT2D eigenvalue weighted by Crippen LogP contribution is -2.51. The van der Waals surface area contributed by atoms with Crippen molar-refractivity contribution in [2.24, 2.45) is 0 Å². The van der Waals surface area contributed by atoms with Crippen molar-refractivity contribution in [2.45, 2.75) is 64.0 Å². The number of rotatable bonds is 2. The van der Waals surface area contributed by atoms with E-state index in [1.807, 2.05) is 49.9 Å². The van der Waals surface area contributed by atoms with Gasteiger partial charge in [0, 0.05) is 25.6 Å². The number of carbonyl (C=O) groups excluding carboxylic acids is 2. The lowest BCUT2D eigenvalue weighted by atomic mass is 9.96. The fraction of sp³-hybridized carbons (Fsp3) is 0.591. The summed E-state index contributed by atoms with van der Waals surface area (Å²) in [6, 6.07) is 7.58. The SMILES string of the molecule is CC(C)(C)OC(=O)N1CCC[C@@H]1C(=O)N1CCC[C@@H](c2nc3ccccc3[nH]2)C1. The molecule has 2 fully saturated rings. The Labute approximate surface area is 171 Å². The van der Waals surface area contributed by atoms with Gasteiger partial charge in [0.15, 0.2) is 0 Å². The fourth-order valence-corrected chi connectivity index (χ4v) is 4.34. The molecule has 3 heterocycles. The quantitative estimate of drug-likeness (QED) is 0.837. The highest BCUT2D eigenvalue weighted by atomic mass is 16.6. The third-order valence-electron chi connectivity index (χ3n) is 5.69. The van der Waals surface area contributed by atoms with E-state index in [4.69, 9.17) is 9.72 Å². The summed E-state index contributed by atoms with van der Waals surface area (Å²) in [5.74, 6) is 1.17. The molecule has 2 saturated heterocycles. The van der Waals surface area contributed by atoms with Crippen LogP contribution in [-0.4, -0.2) is 63.0 Å². The molecule has 1 aromatic carbocycles. The van der Waals surface area contributed by atoms with Crippen molar-refractivity contribution in [3.63, 3.8) is 0 Å². The number of aromatic amines is 1. The van der Waals surface area contributed by atoms with Gasteiger partial charge in [0.2, 0.25) is 5.91 Å². The lowest BCUT2D eigenvalue weighted by Gasteiger charge is -2.36. The molecule has 4 rings (SSSR count). The zero-order chi connectivity index (χ0) is 20.6. The van der Waals surface area contributed by atoms with Gasteiger partial charge in [-0.3, -0.25) is 9.69 Å². The van der Waals surface area contributed by atoms with Gasteiger partial charge in [-0.05, 0) is 58.6 Å². The number of fused-ring (bicyclic) bond motifs is 1. The second-order valence-corrected chi connectivity index (χ2v) is 9.09. The van der Waals surface area contributed by atoms with Gasteiger partial charge in [-0.25, -0.2) is 9.78 Å². The summed E-state index contributed by atoms with van der Waals surface area (Å²) in [7, 11) is 0. The lowest BCUT2D eigenvalue weighted by molar-refractivity contribution is -0.137. The predicted molar refractivity (Wildman–Crippen MR) is 111 cm³/mol. The smallest absolute Gasteiger partial charge is 0.410 e. The van der Waals surface area contributed by atoms with Crippen LogP contribution in [0.3, 0.4) is 0 Å². The number of nitrogens with zero attached hydrogens (tertiary/aromatic N) is 3. The Morgan fingerprint density at radius 3 is 2.66 bits per heavy atom. The minimum absolute atomic E-state index is 0.0363. The van der Waals surface area contributed by atoms with E-state index in [-0.39, 0.29) is 17.9 Å². The molecule has 0 radical (unpaired) electrons. The zero-order valence-corrected chi connectivity index (χ0v) is 17.5. The number of carbonyl (C=O) groups is 2. The Balaban J connectivity index is 1.46. The van der Waals surface area contributed by atoms with Crippen LogP contribution in [-0.2, 0) is 9.53 Å². The molecule has 29 heavy (non-hydrogen) atoms. The summed E-state index contributed by atoms with van der Waals surface area (Å²) < 4.78 is 5.51. The number of aromatic nitrogens is 2. The molecule has 0 saturated carbocycles. The molecule has 2 aliphatic heterocycles. The number of amides is 2. The number of hydrogen-bond donors (Lipinski definition) is 1. The average Bonchev–Trinajstić information content (AvgIpc) is 3.33. The van der Waals surface area contributed by atoms with Crippen LogP contribution in [0.15, 0.2) is 24.3 Å². The summed E-state index contributed by atoms with van der Waals surface area (Å²) >= 11 is 0. The number of piperidine rings is 1. The van der Waals surface area contributed by atoms with Crippen LogP contribution >= 0.6 is 0 Å². The van der Waals surface area contributed by atoms with Gasteiger partial charge >= 0.3 is 6.09 Å². The van der Waals surface area contributed by atoms with E-state index in [1.165, 1.54) is 0 Å². The molecule has 1 N–H and O–H groups in total. The molecular formula is C22H30N4O3. The van der Waals surface area contributed by atoms with Gasteiger partial charge in [0.05, 0.1) is 11.0 Å². The number of ether oxygens (including phenoxy) is 1. The van der Waals surface area contributed by atoms with Crippen molar-refractivity contribution in [3.8, 4) is 0 Å². The molecule has 2 aliphatic rings. The third-order valence-corrected chi connectivity index (χ3v) is 5.69. The molecule has 0 bridgehead atoms. The maximum Gasteiger partial charge on any atom is 0.410 e. The van der Waals surface area contributed by atoms with E-state index in [0.29, 0.717) is 19.5 Å². The van der Waals surface area contributed by atoms with Crippen LogP contribution in [0.25, 0.3) is 11.0 Å². The Bertz CT molecular complexity index is 868.